The fourth-order valence-corrected chi connectivity index (χ4v) is 3.37. The van der Waals surface area contributed by atoms with E-state index in [1.54, 1.807) is 13.1 Å². The Morgan fingerprint density at radius 3 is 2.62 bits per heavy atom. The average Bonchev–Trinajstić information content (AvgIpc) is 3.34. The lowest BCUT2D eigenvalue weighted by molar-refractivity contribution is 0.380. The fraction of sp³-hybridized carbons (Fsp3) is 0.500. The third-order valence-electron chi connectivity index (χ3n) is 5.16. The highest BCUT2D eigenvalue weighted by Gasteiger charge is 2.45. The summed E-state index contributed by atoms with van der Waals surface area (Å²) in [5, 5.41) is 10.8. The summed E-state index contributed by atoms with van der Waals surface area (Å²) in [4.78, 5) is 4.30. The lowest BCUT2D eigenvalue weighted by atomic mass is 9.95. The third kappa shape index (κ3) is 3.74. The van der Waals surface area contributed by atoms with E-state index in [-0.39, 0.29) is 11.2 Å². The van der Waals surface area contributed by atoms with Crippen molar-refractivity contribution in [3.63, 3.8) is 0 Å². The molecule has 1 aliphatic carbocycles. The van der Waals surface area contributed by atoms with E-state index in [0.717, 1.165) is 48.3 Å². The highest BCUT2D eigenvalue weighted by molar-refractivity contribution is 5.79. The zero-order chi connectivity index (χ0) is 18.6. The summed E-state index contributed by atoms with van der Waals surface area (Å²) in [5.41, 5.74) is 2.76. The summed E-state index contributed by atoms with van der Waals surface area (Å²) in [6.07, 6.45) is 3.63. The molecule has 0 bridgehead atoms. The molecule has 5 nitrogen and oxygen atoms in total. The number of aromatic nitrogens is 1. The van der Waals surface area contributed by atoms with Gasteiger partial charge in [-0.25, -0.2) is 4.39 Å². The van der Waals surface area contributed by atoms with Crippen LogP contribution in [0.2, 0.25) is 0 Å². The maximum Gasteiger partial charge on any atom is 0.191 e. The topological polar surface area (TPSA) is 62.5 Å². The van der Waals surface area contributed by atoms with Crippen LogP contribution in [0.3, 0.4) is 0 Å². The van der Waals surface area contributed by atoms with Gasteiger partial charge in [0.05, 0.1) is 5.69 Å². The Kier molecular flexibility index (Phi) is 5.59. The van der Waals surface area contributed by atoms with Crippen molar-refractivity contribution in [3.05, 3.63) is 52.7 Å². The molecule has 0 amide bonds. The van der Waals surface area contributed by atoms with Gasteiger partial charge in [-0.15, -0.1) is 0 Å². The molecule has 6 heteroatoms. The van der Waals surface area contributed by atoms with Crippen LogP contribution in [0.25, 0.3) is 0 Å². The first-order valence-corrected chi connectivity index (χ1v) is 9.29. The summed E-state index contributed by atoms with van der Waals surface area (Å²) in [6, 6.07) is 7.06. The van der Waals surface area contributed by atoms with Crippen LogP contribution in [-0.2, 0) is 24.8 Å². The number of benzene rings is 1. The molecule has 3 rings (SSSR count). The molecule has 0 atom stereocenters. The first-order valence-electron chi connectivity index (χ1n) is 9.29. The van der Waals surface area contributed by atoms with E-state index >= 15 is 0 Å². The Morgan fingerprint density at radius 2 is 2.00 bits per heavy atom. The van der Waals surface area contributed by atoms with Gasteiger partial charge in [0.2, 0.25) is 0 Å². The van der Waals surface area contributed by atoms with Gasteiger partial charge in [-0.05, 0) is 30.9 Å². The molecule has 1 aromatic heterocycles. The molecule has 0 unspecified atom stereocenters. The van der Waals surface area contributed by atoms with Crippen LogP contribution in [0.4, 0.5) is 4.39 Å². The van der Waals surface area contributed by atoms with Crippen molar-refractivity contribution in [1.82, 2.24) is 15.8 Å². The van der Waals surface area contributed by atoms with Gasteiger partial charge in [-0.2, -0.15) is 0 Å². The standard InChI is InChI=1S/C20H27FN4O/c1-4-17-14(18(5-2)26-25-17)12-23-19(22-3)24-13-20(10-11-20)15-8-6-7-9-16(15)21/h6-9H,4-5,10-13H2,1-3H3,(H2,22,23,24). The second-order valence-electron chi connectivity index (χ2n) is 6.78. The number of guanidine groups is 1. The highest BCUT2D eigenvalue weighted by Crippen LogP contribution is 2.48. The van der Waals surface area contributed by atoms with E-state index in [9.17, 15) is 4.39 Å². The van der Waals surface area contributed by atoms with Crippen LogP contribution in [0.1, 0.15) is 49.3 Å². The number of hydrogen-bond acceptors (Lipinski definition) is 3. The molecule has 1 saturated carbocycles. The SMILES string of the molecule is CCc1noc(CC)c1CNC(=NC)NCC1(c2ccccc2F)CC1. The van der Waals surface area contributed by atoms with E-state index in [1.807, 2.05) is 12.1 Å². The molecule has 2 aromatic rings. The smallest absolute Gasteiger partial charge is 0.191 e. The quantitative estimate of drug-likeness (QED) is 0.589. The minimum atomic E-state index is -0.126. The van der Waals surface area contributed by atoms with Gasteiger partial charge < -0.3 is 15.2 Å². The number of hydrogen-bond donors (Lipinski definition) is 2. The van der Waals surface area contributed by atoms with E-state index in [2.05, 4.69) is 34.6 Å². The van der Waals surface area contributed by atoms with E-state index < -0.39 is 0 Å². The van der Waals surface area contributed by atoms with Crippen LogP contribution in [0.15, 0.2) is 33.8 Å². The van der Waals surface area contributed by atoms with E-state index in [4.69, 9.17) is 4.52 Å². The number of nitrogens with zero attached hydrogens (tertiary/aromatic N) is 2. The van der Waals surface area contributed by atoms with E-state index in [1.165, 1.54) is 6.07 Å². The third-order valence-corrected chi connectivity index (χ3v) is 5.16. The first kappa shape index (κ1) is 18.4. The van der Waals surface area contributed by atoms with Crippen molar-refractivity contribution in [2.75, 3.05) is 13.6 Å². The molecular weight excluding hydrogens is 331 g/mol. The Hall–Kier alpha value is -2.37. The van der Waals surface area contributed by atoms with Crippen LogP contribution in [0.5, 0.6) is 0 Å². The van der Waals surface area contributed by atoms with Gasteiger partial charge in [0.1, 0.15) is 11.6 Å². The van der Waals surface area contributed by atoms with Crippen molar-refractivity contribution in [2.45, 2.75) is 51.5 Å². The fourth-order valence-electron chi connectivity index (χ4n) is 3.37. The maximum atomic E-state index is 14.1. The monoisotopic (exact) mass is 358 g/mol. The Balaban J connectivity index is 1.61. The van der Waals surface area contributed by atoms with Gasteiger partial charge >= 0.3 is 0 Å². The zero-order valence-corrected chi connectivity index (χ0v) is 15.7. The predicted octanol–water partition coefficient (Wildman–Crippen LogP) is 3.34. The highest BCUT2D eigenvalue weighted by atomic mass is 19.1. The van der Waals surface area contributed by atoms with Crippen LogP contribution >= 0.6 is 0 Å². The van der Waals surface area contributed by atoms with Crippen molar-refractivity contribution < 1.29 is 8.91 Å². The number of nitrogens with one attached hydrogen (secondary N) is 2. The average molecular weight is 358 g/mol. The number of halogens is 1. The summed E-state index contributed by atoms with van der Waals surface area (Å²) >= 11 is 0. The van der Waals surface area contributed by atoms with Crippen molar-refractivity contribution >= 4 is 5.96 Å². The molecule has 0 saturated heterocycles. The molecule has 0 spiro atoms. The minimum Gasteiger partial charge on any atom is -0.361 e. The molecule has 2 N–H and O–H groups in total. The number of aryl methyl sites for hydroxylation is 2. The molecule has 0 radical (unpaired) electrons. The van der Waals surface area contributed by atoms with Gasteiger partial charge in [-0.3, -0.25) is 4.99 Å². The summed E-state index contributed by atoms with van der Waals surface area (Å²) in [7, 11) is 1.74. The van der Waals surface area contributed by atoms with Crippen molar-refractivity contribution in [1.29, 1.82) is 0 Å². The Morgan fingerprint density at radius 1 is 1.23 bits per heavy atom. The second-order valence-corrected chi connectivity index (χ2v) is 6.78. The van der Waals surface area contributed by atoms with E-state index in [0.29, 0.717) is 19.0 Å². The molecule has 0 aliphatic heterocycles. The first-order chi connectivity index (χ1) is 12.6. The Labute approximate surface area is 154 Å². The minimum absolute atomic E-state index is 0.122. The van der Waals surface area contributed by atoms with Gasteiger partial charge in [0.15, 0.2) is 5.96 Å². The second kappa shape index (κ2) is 7.89. The van der Waals surface area contributed by atoms with Crippen LogP contribution in [0, 0.1) is 5.82 Å². The van der Waals surface area contributed by atoms with Crippen LogP contribution < -0.4 is 10.6 Å². The van der Waals surface area contributed by atoms with Crippen molar-refractivity contribution in [3.8, 4) is 0 Å². The molecule has 1 heterocycles. The predicted molar refractivity (Wildman–Crippen MR) is 101 cm³/mol. The molecule has 26 heavy (non-hydrogen) atoms. The van der Waals surface area contributed by atoms with Gasteiger partial charge in [0, 0.05) is 37.5 Å². The normalized spacial score (nSPS) is 15.8. The molecule has 140 valence electrons. The van der Waals surface area contributed by atoms with Crippen molar-refractivity contribution in [2.24, 2.45) is 4.99 Å². The molecule has 1 fully saturated rings. The number of aliphatic imine (C=N–C) groups is 1. The van der Waals surface area contributed by atoms with Gasteiger partial charge in [0.25, 0.3) is 0 Å². The lowest BCUT2D eigenvalue weighted by Crippen LogP contribution is -2.41. The Bertz CT molecular complexity index is 758. The lowest BCUT2D eigenvalue weighted by Gasteiger charge is -2.19. The zero-order valence-electron chi connectivity index (χ0n) is 15.7. The van der Waals surface area contributed by atoms with Gasteiger partial charge in [-0.1, -0.05) is 37.2 Å². The molecular formula is C20H27FN4O. The summed E-state index contributed by atoms with van der Waals surface area (Å²) in [5.74, 6) is 1.49. The summed E-state index contributed by atoms with van der Waals surface area (Å²) in [6.45, 7) is 5.40. The van der Waals surface area contributed by atoms with Crippen LogP contribution in [-0.4, -0.2) is 24.7 Å². The maximum absolute atomic E-state index is 14.1. The number of rotatable bonds is 7. The largest absolute Gasteiger partial charge is 0.361 e. The molecule has 1 aliphatic rings. The summed E-state index contributed by atoms with van der Waals surface area (Å²) < 4.78 is 19.5. The molecule has 1 aromatic carbocycles.